The summed E-state index contributed by atoms with van der Waals surface area (Å²) in [6, 6.07) is 8.33. The van der Waals surface area contributed by atoms with E-state index < -0.39 is 6.10 Å². The summed E-state index contributed by atoms with van der Waals surface area (Å²) in [5.74, 6) is 1.40. The van der Waals surface area contributed by atoms with Crippen molar-refractivity contribution < 1.29 is 9.90 Å². The van der Waals surface area contributed by atoms with E-state index in [1.807, 2.05) is 17.0 Å². The van der Waals surface area contributed by atoms with Gasteiger partial charge in [-0.15, -0.1) is 0 Å². The van der Waals surface area contributed by atoms with E-state index in [0.717, 1.165) is 42.5 Å². The number of rotatable bonds is 7. The summed E-state index contributed by atoms with van der Waals surface area (Å²) in [6.45, 7) is 7.20. The van der Waals surface area contributed by atoms with Crippen LogP contribution in [-0.2, 0) is 4.79 Å². The normalized spacial score (nSPS) is 20.4. The molecule has 5 rings (SSSR count). The first kappa shape index (κ1) is 24.0. The topological polar surface area (TPSA) is 117 Å². The van der Waals surface area contributed by atoms with Gasteiger partial charge in [-0.05, 0) is 56.7 Å². The number of piperazine rings is 1. The van der Waals surface area contributed by atoms with Gasteiger partial charge in [0.15, 0.2) is 0 Å². The molecule has 8 nitrogen and oxygen atoms in total. The van der Waals surface area contributed by atoms with Crippen LogP contribution in [0.2, 0.25) is 0 Å². The van der Waals surface area contributed by atoms with Crippen LogP contribution in [0.4, 0.5) is 5.82 Å². The van der Waals surface area contributed by atoms with Crippen LogP contribution in [-0.4, -0.2) is 57.7 Å². The molecule has 3 fully saturated rings. The van der Waals surface area contributed by atoms with E-state index in [1.54, 1.807) is 19.2 Å². The highest BCUT2D eigenvalue weighted by molar-refractivity contribution is 5.79. The van der Waals surface area contributed by atoms with Gasteiger partial charge in [-0.25, -0.2) is 4.98 Å². The second-order valence-corrected chi connectivity index (χ2v) is 10.1. The molecular formula is C28H30N6O2. The number of anilines is 1. The maximum absolute atomic E-state index is 12.8. The summed E-state index contributed by atoms with van der Waals surface area (Å²) in [4.78, 5) is 26.2. The van der Waals surface area contributed by atoms with Gasteiger partial charge in [-0.3, -0.25) is 9.78 Å². The highest BCUT2D eigenvalue weighted by Gasteiger charge is 2.42. The Balaban J connectivity index is 1.52. The van der Waals surface area contributed by atoms with Crippen molar-refractivity contribution in [2.75, 3.05) is 24.5 Å². The number of nitrogens with zero attached hydrogens (tertiary/aromatic N) is 6. The monoisotopic (exact) mass is 482 g/mol. The standard InChI is InChI=1S/C28H30N6O2/c1-3-22-12-23(21(14-30)15-31-22)24-11-20(13-29)28(32-27(24)19-6-7-19)33-8-9-34(26(36)10-17(2)35)25(16-33)18-4-5-18/h3,11-12,15,17-19,25,35H,1,4-10,16H2,2H3/t17?,25-/m0/s1. The predicted octanol–water partition coefficient (Wildman–Crippen LogP) is 3.61. The molecule has 0 aromatic carbocycles. The molecule has 2 aromatic rings. The molecule has 2 atom stereocenters. The first-order valence-corrected chi connectivity index (χ1v) is 12.6. The Morgan fingerprint density at radius 1 is 1.19 bits per heavy atom. The zero-order chi connectivity index (χ0) is 25.4. The summed E-state index contributed by atoms with van der Waals surface area (Å²) in [5, 5.41) is 29.6. The Labute approximate surface area is 211 Å². The second kappa shape index (κ2) is 9.72. The lowest BCUT2D eigenvalue weighted by Crippen LogP contribution is -2.57. The average molecular weight is 483 g/mol. The van der Waals surface area contributed by atoms with E-state index in [0.29, 0.717) is 54.1 Å². The van der Waals surface area contributed by atoms with E-state index in [4.69, 9.17) is 4.98 Å². The number of carbonyl (C=O) groups excluding carboxylic acids is 1. The number of pyridine rings is 2. The SMILES string of the molecule is C=Cc1cc(-c2cc(C#N)c(N3CCN(C(=O)CC(C)O)[C@H](C4CC4)C3)nc2C2CC2)c(C#N)cn1. The molecule has 0 bridgehead atoms. The first-order valence-electron chi connectivity index (χ1n) is 12.6. The largest absolute Gasteiger partial charge is 0.393 e. The van der Waals surface area contributed by atoms with Crippen LogP contribution < -0.4 is 4.90 Å². The van der Waals surface area contributed by atoms with Crippen LogP contribution in [0.1, 0.15) is 67.5 Å². The van der Waals surface area contributed by atoms with E-state index in [2.05, 4.69) is 28.6 Å². The molecule has 2 saturated carbocycles. The van der Waals surface area contributed by atoms with Crippen LogP contribution in [0.3, 0.4) is 0 Å². The Morgan fingerprint density at radius 3 is 2.56 bits per heavy atom. The van der Waals surface area contributed by atoms with Gasteiger partial charge in [0.05, 0.1) is 41.1 Å². The molecule has 3 aliphatic rings. The van der Waals surface area contributed by atoms with Crippen LogP contribution in [0.15, 0.2) is 24.9 Å². The van der Waals surface area contributed by atoms with Crippen LogP contribution in [0, 0.1) is 28.6 Å². The fraction of sp³-hybridized carbons (Fsp3) is 0.464. The van der Waals surface area contributed by atoms with E-state index in [1.165, 1.54) is 0 Å². The lowest BCUT2D eigenvalue weighted by atomic mass is 9.95. The summed E-state index contributed by atoms with van der Waals surface area (Å²) >= 11 is 0. The third-order valence-corrected chi connectivity index (χ3v) is 7.34. The number of hydrogen-bond donors (Lipinski definition) is 1. The molecule has 1 unspecified atom stereocenters. The predicted molar refractivity (Wildman–Crippen MR) is 136 cm³/mol. The molecule has 1 N–H and O–H groups in total. The summed E-state index contributed by atoms with van der Waals surface area (Å²) in [5.41, 5.74) is 4.03. The van der Waals surface area contributed by atoms with E-state index >= 15 is 0 Å². The molecule has 1 aliphatic heterocycles. The third kappa shape index (κ3) is 4.69. The number of hydrogen-bond acceptors (Lipinski definition) is 7. The first-order chi connectivity index (χ1) is 17.4. The summed E-state index contributed by atoms with van der Waals surface area (Å²) < 4.78 is 0. The van der Waals surface area contributed by atoms with Gasteiger partial charge in [-0.2, -0.15) is 10.5 Å². The number of aromatic nitrogens is 2. The number of aliphatic hydroxyl groups excluding tert-OH is 1. The molecule has 1 amide bonds. The molecule has 2 aromatic heterocycles. The van der Waals surface area contributed by atoms with Crippen molar-refractivity contribution in [3.63, 3.8) is 0 Å². The number of carbonyl (C=O) groups is 1. The van der Waals surface area contributed by atoms with Crippen LogP contribution >= 0.6 is 0 Å². The Hall–Kier alpha value is -3.75. The maximum atomic E-state index is 12.8. The fourth-order valence-corrected chi connectivity index (χ4v) is 5.19. The average Bonchev–Trinajstić information content (AvgIpc) is 3.80. The molecule has 36 heavy (non-hydrogen) atoms. The minimum absolute atomic E-state index is 0.0104. The van der Waals surface area contributed by atoms with Crippen molar-refractivity contribution in [3.05, 3.63) is 47.4 Å². The summed E-state index contributed by atoms with van der Waals surface area (Å²) in [7, 11) is 0. The molecule has 2 aliphatic carbocycles. The number of nitriles is 2. The highest BCUT2D eigenvalue weighted by Crippen LogP contribution is 2.46. The Bertz CT molecular complexity index is 1280. The van der Waals surface area contributed by atoms with Gasteiger partial charge in [0, 0.05) is 42.9 Å². The van der Waals surface area contributed by atoms with E-state index in [-0.39, 0.29) is 18.4 Å². The molecule has 3 heterocycles. The van der Waals surface area contributed by atoms with Gasteiger partial charge in [0.1, 0.15) is 18.0 Å². The summed E-state index contributed by atoms with van der Waals surface area (Å²) in [6.07, 6.45) is 6.89. The molecular weight excluding hydrogens is 452 g/mol. The zero-order valence-corrected chi connectivity index (χ0v) is 20.5. The van der Waals surface area contributed by atoms with Crippen molar-refractivity contribution in [3.8, 4) is 23.3 Å². The molecule has 8 heteroatoms. The van der Waals surface area contributed by atoms with Crippen molar-refractivity contribution in [2.45, 2.75) is 57.1 Å². The Morgan fingerprint density at radius 2 is 1.94 bits per heavy atom. The molecule has 184 valence electrons. The van der Waals surface area contributed by atoms with Gasteiger partial charge in [-0.1, -0.05) is 6.58 Å². The molecule has 1 saturated heterocycles. The van der Waals surface area contributed by atoms with Crippen molar-refractivity contribution in [1.29, 1.82) is 10.5 Å². The molecule has 0 spiro atoms. The van der Waals surface area contributed by atoms with Crippen LogP contribution in [0.5, 0.6) is 0 Å². The van der Waals surface area contributed by atoms with Gasteiger partial charge in [0.2, 0.25) is 5.91 Å². The van der Waals surface area contributed by atoms with Crippen LogP contribution in [0.25, 0.3) is 17.2 Å². The van der Waals surface area contributed by atoms with E-state index in [9.17, 15) is 20.4 Å². The minimum Gasteiger partial charge on any atom is -0.393 e. The Kier molecular flexibility index (Phi) is 6.47. The van der Waals surface area contributed by atoms with Gasteiger partial charge >= 0.3 is 0 Å². The quantitative estimate of drug-likeness (QED) is 0.641. The lowest BCUT2D eigenvalue weighted by molar-refractivity contribution is -0.136. The minimum atomic E-state index is -0.663. The van der Waals surface area contributed by atoms with Crippen molar-refractivity contribution >= 4 is 17.8 Å². The van der Waals surface area contributed by atoms with Crippen molar-refractivity contribution in [2.24, 2.45) is 5.92 Å². The van der Waals surface area contributed by atoms with Gasteiger partial charge in [0.25, 0.3) is 0 Å². The smallest absolute Gasteiger partial charge is 0.225 e. The second-order valence-electron chi connectivity index (χ2n) is 10.1. The third-order valence-electron chi connectivity index (χ3n) is 7.34. The lowest BCUT2D eigenvalue weighted by Gasteiger charge is -2.43. The fourth-order valence-electron chi connectivity index (χ4n) is 5.19. The van der Waals surface area contributed by atoms with Crippen molar-refractivity contribution in [1.82, 2.24) is 14.9 Å². The number of amides is 1. The maximum Gasteiger partial charge on any atom is 0.225 e. The zero-order valence-electron chi connectivity index (χ0n) is 20.5. The molecule has 0 radical (unpaired) electrons. The van der Waals surface area contributed by atoms with Gasteiger partial charge < -0.3 is 14.9 Å². The number of aliphatic hydroxyl groups is 1. The highest BCUT2D eigenvalue weighted by atomic mass is 16.3.